The number of rotatable bonds is 4. The normalized spacial score (nSPS) is 18.9. The van der Waals surface area contributed by atoms with Gasteiger partial charge in [-0.1, -0.05) is 17.7 Å². The summed E-state index contributed by atoms with van der Waals surface area (Å²) in [4.78, 5) is 20.4. The minimum atomic E-state index is -0.357. The third-order valence-corrected chi connectivity index (χ3v) is 3.04. The average molecular weight is 269 g/mol. The molecule has 1 atom stereocenters. The third kappa shape index (κ3) is 2.95. The number of hydrogen-bond acceptors (Lipinski definition) is 5. The van der Waals surface area contributed by atoms with Gasteiger partial charge in [-0.3, -0.25) is 15.1 Å². The number of amidine groups is 1. The summed E-state index contributed by atoms with van der Waals surface area (Å²) in [7, 11) is 0. The Bertz CT molecular complexity index is 474. The number of pyridine rings is 1. The van der Waals surface area contributed by atoms with Gasteiger partial charge in [0.2, 0.25) is 0 Å². The molecule has 0 aliphatic carbocycles. The summed E-state index contributed by atoms with van der Waals surface area (Å²) in [6.45, 7) is 2.94. The highest BCUT2D eigenvalue weighted by atomic mass is 35.5. The zero-order chi connectivity index (χ0) is 13.1. The summed E-state index contributed by atoms with van der Waals surface area (Å²) in [5, 5.41) is 11.0. The van der Waals surface area contributed by atoms with E-state index < -0.39 is 0 Å². The Morgan fingerprint density at radius 3 is 3.00 bits per heavy atom. The van der Waals surface area contributed by atoms with Gasteiger partial charge in [0.25, 0.3) is 6.54 Å². The standard InChI is InChI=1S/C11H13ClN4O2/c1-8-4-14-11(7-16(17)18)15(8)6-9-2-3-10(12)13-5-9/h2-3,5,8H,4,6-7H2,1H3. The molecule has 0 saturated heterocycles. The Labute approximate surface area is 109 Å². The zero-order valence-electron chi connectivity index (χ0n) is 9.91. The number of aliphatic imine (C=N–C) groups is 1. The van der Waals surface area contributed by atoms with Crippen LogP contribution in [-0.4, -0.2) is 39.8 Å². The summed E-state index contributed by atoms with van der Waals surface area (Å²) in [6, 6.07) is 3.75. The van der Waals surface area contributed by atoms with Gasteiger partial charge >= 0.3 is 0 Å². The maximum absolute atomic E-state index is 10.6. The lowest BCUT2D eigenvalue weighted by molar-refractivity contribution is -0.464. The fourth-order valence-electron chi connectivity index (χ4n) is 1.88. The fraction of sp³-hybridized carbons (Fsp3) is 0.455. The van der Waals surface area contributed by atoms with Crippen molar-refractivity contribution >= 4 is 17.4 Å². The van der Waals surface area contributed by atoms with Crippen LogP contribution < -0.4 is 0 Å². The Kier molecular flexibility index (Phi) is 3.76. The monoisotopic (exact) mass is 268 g/mol. The van der Waals surface area contributed by atoms with Gasteiger partial charge in [-0.05, 0) is 18.6 Å². The molecule has 96 valence electrons. The molecule has 18 heavy (non-hydrogen) atoms. The van der Waals surface area contributed by atoms with Crippen LogP contribution in [0.25, 0.3) is 0 Å². The molecule has 1 aromatic heterocycles. The smallest absolute Gasteiger partial charge is 0.260 e. The predicted molar refractivity (Wildman–Crippen MR) is 68.4 cm³/mol. The number of nitrogens with zero attached hydrogens (tertiary/aromatic N) is 4. The van der Waals surface area contributed by atoms with Crippen molar-refractivity contribution < 1.29 is 4.92 Å². The molecule has 0 amide bonds. The second-order valence-corrected chi connectivity index (χ2v) is 4.60. The summed E-state index contributed by atoms with van der Waals surface area (Å²) < 4.78 is 0. The van der Waals surface area contributed by atoms with Crippen molar-refractivity contribution in [3.8, 4) is 0 Å². The molecule has 2 rings (SSSR count). The van der Waals surface area contributed by atoms with E-state index in [2.05, 4.69) is 9.98 Å². The van der Waals surface area contributed by atoms with Gasteiger partial charge in [-0.25, -0.2) is 4.98 Å². The Hall–Kier alpha value is -1.69. The molecule has 2 heterocycles. The lowest BCUT2D eigenvalue weighted by Gasteiger charge is -2.23. The topological polar surface area (TPSA) is 71.6 Å². The summed E-state index contributed by atoms with van der Waals surface area (Å²) in [5.74, 6) is 0.530. The molecule has 0 bridgehead atoms. The quantitative estimate of drug-likeness (QED) is 0.472. The molecule has 0 N–H and O–H groups in total. The molecule has 0 aromatic carbocycles. The van der Waals surface area contributed by atoms with E-state index in [1.165, 1.54) is 0 Å². The molecular formula is C11H13ClN4O2. The molecule has 0 radical (unpaired) electrons. The van der Waals surface area contributed by atoms with Gasteiger partial charge in [0.05, 0.1) is 6.54 Å². The average Bonchev–Trinajstić information content (AvgIpc) is 2.64. The molecule has 0 spiro atoms. The van der Waals surface area contributed by atoms with E-state index in [1.807, 2.05) is 17.9 Å². The highest BCUT2D eigenvalue weighted by molar-refractivity contribution is 6.29. The van der Waals surface area contributed by atoms with Crippen LogP contribution in [0.15, 0.2) is 23.3 Å². The minimum Gasteiger partial charge on any atom is -0.346 e. The van der Waals surface area contributed by atoms with E-state index >= 15 is 0 Å². The van der Waals surface area contributed by atoms with Crippen LogP contribution in [0.2, 0.25) is 5.15 Å². The largest absolute Gasteiger partial charge is 0.346 e. The van der Waals surface area contributed by atoms with Crippen LogP contribution in [0, 0.1) is 10.1 Å². The van der Waals surface area contributed by atoms with Gasteiger partial charge in [-0.2, -0.15) is 0 Å². The molecule has 1 aliphatic heterocycles. The predicted octanol–water partition coefficient (Wildman–Crippen LogP) is 1.61. The number of aromatic nitrogens is 1. The lowest BCUT2D eigenvalue weighted by Crippen LogP contribution is -2.37. The van der Waals surface area contributed by atoms with Gasteiger partial charge in [0.15, 0.2) is 5.84 Å². The molecular weight excluding hydrogens is 256 g/mol. The number of hydrogen-bond donors (Lipinski definition) is 0. The van der Waals surface area contributed by atoms with Crippen molar-refractivity contribution in [1.82, 2.24) is 9.88 Å². The lowest BCUT2D eigenvalue weighted by atomic mass is 10.2. The second kappa shape index (κ2) is 5.30. The first-order valence-corrected chi connectivity index (χ1v) is 5.96. The van der Waals surface area contributed by atoms with E-state index in [0.29, 0.717) is 24.1 Å². The van der Waals surface area contributed by atoms with Gasteiger partial charge in [0.1, 0.15) is 5.15 Å². The maximum atomic E-state index is 10.6. The van der Waals surface area contributed by atoms with Crippen LogP contribution in [0.5, 0.6) is 0 Å². The number of nitro groups is 1. The van der Waals surface area contributed by atoms with E-state index in [1.54, 1.807) is 12.3 Å². The maximum Gasteiger partial charge on any atom is 0.260 e. The van der Waals surface area contributed by atoms with Crippen LogP contribution in [0.3, 0.4) is 0 Å². The van der Waals surface area contributed by atoms with Crippen LogP contribution in [0.4, 0.5) is 0 Å². The van der Waals surface area contributed by atoms with Crippen molar-refractivity contribution in [2.24, 2.45) is 4.99 Å². The van der Waals surface area contributed by atoms with E-state index in [0.717, 1.165) is 5.56 Å². The molecule has 0 saturated carbocycles. The van der Waals surface area contributed by atoms with Crippen LogP contribution in [0.1, 0.15) is 12.5 Å². The summed E-state index contributed by atoms with van der Waals surface area (Å²) in [5.41, 5.74) is 0.962. The zero-order valence-corrected chi connectivity index (χ0v) is 10.7. The van der Waals surface area contributed by atoms with Crippen molar-refractivity contribution in [3.63, 3.8) is 0 Å². The first-order chi connectivity index (χ1) is 8.56. The SMILES string of the molecule is CC1CN=C(C[N+](=O)[O-])N1Cc1ccc(Cl)nc1. The van der Waals surface area contributed by atoms with E-state index in [-0.39, 0.29) is 17.5 Å². The first kappa shape index (κ1) is 12.8. The van der Waals surface area contributed by atoms with Gasteiger partial charge in [-0.15, -0.1) is 0 Å². The molecule has 7 heteroatoms. The van der Waals surface area contributed by atoms with E-state index in [9.17, 15) is 10.1 Å². The number of halogens is 1. The Balaban J connectivity index is 2.08. The first-order valence-electron chi connectivity index (χ1n) is 5.58. The molecule has 1 aromatic rings. The molecule has 1 aliphatic rings. The second-order valence-electron chi connectivity index (χ2n) is 4.21. The summed E-state index contributed by atoms with van der Waals surface area (Å²) in [6.07, 6.45) is 1.68. The highest BCUT2D eigenvalue weighted by Gasteiger charge is 2.27. The fourth-order valence-corrected chi connectivity index (χ4v) is 1.99. The molecule has 0 fully saturated rings. The van der Waals surface area contributed by atoms with Crippen molar-refractivity contribution in [2.45, 2.75) is 19.5 Å². The van der Waals surface area contributed by atoms with Crippen LogP contribution >= 0.6 is 11.6 Å². The van der Waals surface area contributed by atoms with Crippen molar-refractivity contribution in [3.05, 3.63) is 39.2 Å². The van der Waals surface area contributed by atoms with Crippen molar-refractivity contribution in [1.29, 1.82) is 0 Å². The Morgan fingerprint density at radius 2 is 2.39 bits per heavy atom. The van der Waals surface area contributed by atoms with Gasteiger partial charge in [0, 0.05) is 23.7 Å². The molecule has 1 unspecified atom stereocenters. The summed E-state index contributed by atoms with van der Waals surface area (Å²) >= 11 is 5.72. The van der Waals surface area contributed by atoms with Crippen molar-refractivity contribution in [2.75, 3.05) is 13.1 Å². The van der Waals surface area contributed by atoms with Crippen LogP contribution in [-0.2, 0) is 6.54 Å². The van der Waals surface area contributed by atoms with E-state index in [4.69, 9.17) is 11.6 Å². The minimum absolute atomic E-state index is 0.177. The van der Waals surface area contributed by atoms with Gasteiger partial charge < -0.3 is 4.90 Å². The Morgan fingerprint density at radius 1 is 1.61 bits per heavy atom. The third-order valence-electron chi connectivity index (χ3n) is 2.81. The molecule has 6 nitrogen and oxygen atoms in total. The highest BCUT2D eigenvalue weighted by Crippen LogP contribution is 2.15.